The summed E-state index contributed by atoms with van der Waals surface area (Å²) < 4.78 is 1.68. The molecule has 2 unspecified atom stereocenters. The lowest BCUT2D eigenvalue weighted by atomic mass is 9.45. The van der Waals surface area contributed by atoms with Gasteiger partial charge in [0.2, 0.25) is 5.91 Å². The Hall–Kier alpha value is -2.22. The number of carbonyl (C=O) groups excluding carboxylic acids is 1. The molecule has 0 radical (unpaired) electrons. The maximum absolute atomic E-state index is 12.9. The highest BCUT2D eigenvalue weighted by Gasteiger charge is 2.56. The molecule has 164 valence electrons. The first-order chi connectivity index (χ1) is 14.8. The third-order valence-corrected chi connectivity index (χ3v) is 8.81. The second-order valence-corrected chi connectivity index (χ2v) is 10.7. The second-order valence-electron chi connectivity index (χ2n) is 9.94. The van der Waals surface area contributed by atoms with Gasteiger partial charge in [0.15, 0.2) is 0 Å². The SMILES string of the molecule is C[C@@H]1C2CC(C[C@H]1Nc1cnn(CC(=O)N3Cc4ccncc4C3)c(=O)c1Br)C2(C)C. The number of nitrogens with one attached hydrogen (secondary N) is 1. The van der Waals surface area contributed by atoms with Gasteiger partial charge >= 0.3 is 0 Å². The number of aromatic nitrogens is 3. The minimum Gasteiger partial charge on any atom is -0.380 e. The lowest BCUT2D eigenvalue weighted by Gasteiger charge is -2.62. The van der Waals surface area contributed by atoms with Gasteiger partial charge in [-0.2, -0.15) is 5.10 Å². The molecule has 2 bridgehead atoms. The lowest BCUT2D eigenvalue weighted by Crippen LogP contribution is -2.58. The Morgan fingerprint density at radius 2 is 2.03 bits per heavy atom. The van der Waals surface area contributed by atoms with Crippen LogP contribution in [0, 0.1) is 23.2 Å². The Morgan fingerprint density at radius 1 is 1.26 bits per heavy atom. The predicted molar refractivity (Wildman–Crippen MR) is 121 cm³/mol. The summed E-state index contributed by atoms with van der Waals surface area (Å²) in [7, 11) is 0. The molecule has 3 fully saturated rings. The van der Waals surface area contributed by atoms with Crippen molar-refractivity contribution in [2.75, 3.05) is 5.32 Å². The molecule has 1 N–H and O–H groups in total. The molecule has 2 aromatic heterocycles. The van der Waals surface area contributed by atoms with E-state index in [0.29, 0.717) is 46.5 Å². The molecule has 2 aromatic rings. The zero-order valence-corrected chi connectivity index (χ0v) is 19.7. The van der Waals surface area contributed by atoms with Crippen LogP contribution in [0.25, 0.3) is 0 Å². The molecule has 0 aromatic carbocycles. The van der Waals surface area contributed by atoms with E-state index in [9.17, 15) is 9.59 Å². The second kappa shape index (κ2) is 7.43. The summed E-state index contributed by atoms with van der Waals surface area (Å²) >= 11 is 3.45. The van der Waals surface area contributed by atoms with Crippen LogP contribution in [0.15, 0.2) is 33.9 Å². The molecule has 6 rings (SSSR count). The fourth-order valence-electron chi connectivity index (χ4n) is 5.84. The van der Waals surface area contributed by atoms with E-state index in [1.165, 1.54) is 11.1 Å². The fraction of sp³-hybridized carbons (Fsp3) is 0.565. The molecule has 7 nitrogen and oxygen atoms in total. The van der Waals surface area contributed by atoms with E-state index in [1.807, 2.05) is 6.07 Å². The van der Waals surface area contributed by atoms with E-state index in [1.54, 1.807) is 23.5 Å². The van der Waals surface area contributed by atoms with Gasteiger partial charge in [-0.05, 0) is 69.1 Å². The number of halogens is 1. The summed E-state index contributed by atoms with van der Waals surface area (Å²) in [6.45, 7) is 8.06. The van der Waals surface area contributed by atoms with Gasteiger partial charge in [-0.25, -0.2) is 4.68 Å². The summed E-state index contributed by atoms with van der Waals surface area (Å²) in [5.41, 5.74) is 3.00. The van der Waals surface area contributed by atoms with Crippen LogP contribution in [-0.4, -0.2) is 31.6 Å². The Morgan fingerprint density at radius 3 is 2.74 bits per heavy atom. The number of amides is 1. The average Bonchev–Trinajstić information content (AvgIpc) is 3.18. The molecule has 31 heavy (non-hydrogen) atoms. The Labute approximate surface area is 190 Å². The van der Waals surface area contributed by atoms with Crippen molar-refractivity contribution in [3.05, 3.63) is 50.6 Å². The van der Waals surface area contributed by atoms with E-state index in [2.05, 4.69) is 52.1 Å². The van der Waals surface area contributed by atoms with Crippen molar-refractivity contribution in [3.8, 4) is 0 Å². The van der Waals surface area contributed by atoms with Crippen LogP contribution in [0.3, 0.4) is 0 Å². The largest absolute Gasteiger partial charge is 0.380 e. The molecule has 8 heteroatoms. The van der Waals surface area contributed by atoms with Gasteiger partial charge in [-0.15, -0.1) is 0 Å². The first-order valence-corrected chi connectivity index (χ1v) is 11.8. The highest BCUT2D eigenvalue weighted by Crippen LogP contribution is 2.61. The summed E-state index contributed by atoms with van der Waals surface area (Å²) in [6, 6.07) is 2.27. The molecule has 4 aliphatic rings. The van der Waals surface area contributed by atoms with Crippen LogP contribution in [-0.2, 0) is 24.4 Å². The molecule has 0 saturated heterocycles. The van der Waals surface area contributed by atoms with E-state index >= 15 is 0 Å². The van der Waals surface area contributed by atoms with Gasteiger partial charge in [0.25, 0.3) is 5.56 Å². The van der Waals surface area contributed by atoms with Crippen molar-refractivity contribution in [3.63, 3.8) is 0 Å². The van der Waals surface area contributed by atoms with E-state index < -0.39 is 0 Å². The standard InChI is InChI=1S/C23H28BrN5O2/c1-13-17-6-16(23(17,2)3)7-18(13)27-19-9-26-29(22(31)21(19)24)12-20(30)28-10-14-4-5-25-8-15(14)11-28/h4-5,8-9,13,16-18,27H,6-7,10-12H2,1-3H3/t13-,16?,17?,18-/m1/s1. The molecule has 1 amide bonds. The zero-order valence-electron chi connectivity index (χ0n) is 18.1. The van der Waals surface area contributed by atoms with Crippen LogP contribution < -0.4 is 10.9 Å². The molecule has 0 spiro atoms. The number of carbonyl (C=O) groups is 1. The van der Waals surface area contributed by atoms with Gasteiger partial charge in [-0.1, -0.05) is 20.8 Å². The molecule has 3 aliphatic carbocycles. The van der Waals surface area contributed by atoms with Crippen molar-refractivity contribution < 1.29 is 4.79 Å². The van der Waals surface area contributed by atoms with Gasteiger partial charge in [-0.3, -0.25) is 14.6 Å². The van der Waals surface area contributed by atoms with Crippen LogP contribution in [0.4, 0.5) is 5.69 Å². The van der Waals surface area contributed by atoms with Crippen molar-refractivity contribution in [1.82, 2.24) is 19.7 Å². The van der Waals surface area contributed by atoms with E-state index in [4.69, 9.17) is 0 Å². The first kappa shape index (κ1) is 20.7. The maximum Gasteiger partial charge on any atom is 0.283 e. The molecule has 3 saturated carbocycles. The smallest absolute Gasteiger partial charge is 0.283 e. The number of rotatable bonds is 4. The summed E-state index contributed by atoms with van der Waals surface area (Å²) in [6.07, 6.45) is 7.62. The van der Waals surface area contributed by atoms with Gasteiger partial charge in [0, 0.05) is 31.5 Å². The quantitative estimate of drug-likeness (QED) is 0.717. The summed E-state index contributed by atoms with van der Waals surface area (Å²) in [4.78, 5) is 31.5. The summed E-state index contributed by atoms with van der Waals surface area (Å²) in [5, 5.41) is 7.86. The van der Waals surface area contributed by atoms with Crippen LogP contribution in [0.1, 0.15) is 44.7 Å². The molecule has 1 aliphatic heterocycles. The third kappa shape index (κ3) is 3.39. The number of hydrogen-bond donors (Lipinski definition) is 1. The predicted octanol–water partition coefficient (Wildman–Crippen LogP) is 3.43. The minimum atomic E-state index is -0.286. The Kier molecular flexibility index (Phi) is 4.95. The first-order valence-electron chi connectivity index (χ1n) is 11.0. The van der Waals surface area contributed by atoms with Crippen molar-refractivity contribution >= 4 is 27.5 Å². The lowest BCUT2D eigenvalue weighted by molar-refractivity contribution is -0.132. The zero-order chi connectivity index (χ0) is 21.9. The van der Waals surface area contributed by atoms with Crippen molar-refractivity contribution in [2.24, 2.45) is 23.2 Å². The molecule has 3 heterocycles. The molecular weight excluding hydrogens is 458 g/mol. The number of nitrogens with zero attached hydrogens (tertiary/aromatic N) is 4. The maximum atomic E-state index is 12.9. The number of hydrogen-bond acceptors (Lipinski definition) is 5. The van der Waals surface area contributed by atoms with Crippen molar-refractivity contribution in [1.29, 1.82) is 0 Å². The number of anilines is 1. The van der Waals surface area contributed by atoms with Gasteiger partial charge in [0.05, 0.1) is 11.9 Å². The normalized spacial score (nSPS) is 28.1. The Bertz CT molecular complexity index is 1070. The van der Waals surface area contributed by atoms with E-state index in [-0.39, 0.29) is 18.0 Å². The Balaban J connectivity index is 1.27. The monoisotopic (exact) mass is 485 g/mol. The average molecular weight is 486 g/mol. The fourth-order valence-corrected chi connectivity index (χ4v) is 6.26. The minimum absolute atomic E-state index is 0.0721. The van der Waals surface area contributed by atoms with Crippen LogP contribution >= 0.6 is 15.9 Å². The van der Waals surface area contributed by atoms with Crippen LogP contribution in [0.5, 0.6) is 0 Å². The highest BCUT2D eigenvalue weighted by atomic mass is 79.9. The van der Waals surface area contributed by atoms with E-state index in [0.717, 1.165) is 23.5 Å². The third-order valence-electron chi connectivity index (χ3n) is 8.04. The van der Waals surface area contributed by atoms with Crippen molar-refractivity contribution in [2.45, 2.75) is 59.3 Å². The molecular formula is C23H28BrN5O2. The topological polar surface area (TPSA) is 80.1 Å². The molecule has 4 atom stereocenters. The van der Waals surface area contributed by atoms with Gasteiger partial charge in [0.1, 0.15) is 11.0 Å². The van der Waals surface area contributed by atoms with Gasteiger partial charge < -0.3 is 10.2 Å². The van der Waals surface area contributed by atoms with Crippen LogP contribution in [0.2, 0.25) is 0 Å². The highest BCUT2D eigenvalue weighted by molar-refractivity contribution is 9.10. The number of pyridine rings is 1. The number of fused-ring (bicyclic) bond motifs is 3. The summed E-state index contributed by atoms with van der Waals surface area (Å²) in [5.74, 6) is 1.87.